The number of amides is 2. The molecule has 0 saturated heterocycles. The largest absolute Gasteiger partial charge is 0.355 e. The van der Waals surface area contributed by atoms with Gasteiger partial charge in [0.25, 0.3) is 0 Å². The zero-order valence-corrected chi connectivity index (χ0v) is 14.4. The van der Waals surface area contributed by atoms with E-state index in [1.54, 1.807) is 6.92 Å². The number of carbonyl (C=O) groups excluding carboxylic acids is 2. The van der Waals surface area contributed by atoms with Gasteiger partial charge in [-0.3, -0.25) is 9.59 Å². The number of nitrogens with zero attached hydrogens (tertiary/aromatic N) is 4. The molecule has 1 atom stereocenters. The predicted molar refractivity (Wildman–Crippen MR) is 87.2 cm³/mol. The van der Waals surface area contributed by atoms with Crippen molar-refractivity contribution in [3.8, 4) is 11.4 Å². The highest BCUT2D eigenvalue weighted by atomic mass is 79.9. The van der Waals surface area contributed by atoms with Crippen LogP contribution < -0.4 is 10.6 Å². The minimum absolute atomic E-state index is 0.104. The maximum atomic E-state index is 11.9. The highest BCUT2D eigenvalue weighted by Crippen LogP contribution is 2.17. The Balaban J connectivity index is 1.95. The van der Waals surface area contributed by atoms with Crippen molar-refractivity contribution in [1.82, 2.24) is 30.8 Å². The molecule has 0 unspecified atom stereocenters. The summed E-state index contributed by atoms with van der Waals surface area (Å²) in [6.07, 6.45) is 0. The summed E-state index contributed by atoms with van der Waals surface area (Å²) in [5.41, 5.74) is 0.801. The first-order valence-electron chi connectivity index (χ1n) is 7.10. The number of likely N-dealkylation sites (N-methyl/N-ethyl adjacent to an activating group) is 1. The van der Waals surface area contributed by atoms with Crippen LogP contribution in [-0.4, -0.2) is 44.6 Å². The average molecular weight is 381 g/mol. The van der Waals surface area contributed by atoms with E-state index in [-0.39, 0.29) is 18.4 Å². The summed E-state index contributed by atoms with van der Waals surface area (Å²) in [5.74, 6) is -0.159. The first-order valence-corrected chi connectivity index (χ1v) is 7.89. The summed E-state index contributed by atoms with van der Waals surface area (Å²) in [5, 5.41) is 17.1. The Morgan fingerprint density at radius 1 is 1.30 bits per heavy atom. The van der Waals surface area contributed by atoms with Gasteiger partial charge in [0.2, 0.25) is 17.6 Å². The van der Waals surface area contributed by atoms with Gasteiger partial charge in [-0.05, 0) is 43.3 Å². The second-order valence-corrected chi connectivity index (χ2v) is 5.75. The van der Waals surface area contributed by atoms with Gasteiger partial charge in [-0.1, -0.05) is 15.9 Å². The molecule has 0 saturated carbocycles. The Bertz CT molecular complexity index is 685. The van der Waals surface area contributed by atoms with Gasteiger partial charge >= 0.3 is 0 Å². The first-order chi connectivity index (χ1) is 11.0. The Kier molecular flexibility index (Phi) is 5.80. The second-order valence-electron chi connectivity index (χ2n) is 4.83. The quantitative estimate of drug-likeness (QED) is 0.769. The summed E-state index contributed by atoms with van der Waals surface area (Å²) in [6.45, 7) is 3.84. The third-order valence-corrected chi connectivity index (χ3v) is 3.49. The van der Waals surface area contributed by atoms with Crippen LogP contribution in [0.3, 0.4) is 0 Å². The van der Waals surface area contributed by atoms with Crippen molar-refractivity contribution in [3.05, 3.63) is 28.7 Å². The number of rotatable bonds is 6. The third-order valence-electron chi connectivity index (χ3n) is 2.96. The van der Waals surface area contributed by atoms with E-state index in [1.165, 1.54) is 4.80 Å². The maximum absolute atomic E-state index is 11.9. The van der Waals surface area contributed by atoms with Gasteiger partial charge in [-0.2, -0.15) is 4.80 Å². The molecule has 2 rings (SSSR count). The molecule has 2 amide bonds. The van der Waals surface area contributed by atoms with E-state index >= 15 is 0 Å². The Hall–Kier alpha value is -2.29. The lowest BCUT2D eigenvalue weighted by atomic mass is 10.2. The molecule has 2 aromatic rings. The van der Waals surface area contributed by atoms with E-state index in [2.05, 4.69) is 42.0 Å². The first kappa shape index (κ1) is 17.1. The number of hydrogen-bond donors (Lipinski definition) is 2. The Morgan fingerprint density at radius 2 is 2.00 bits per heavy atom. The molecular weight excluding hydrogens is 364 g/mol. The second kappa shape index (κ2) is 7.82. The van der Waals surface area contributed by atoms with Gasteiger partial charge < -0.3 is 10.6 Å². The van der Waals surface area contributed by atoms with Crippen molar-refractivity contribution in [2.45, 2.75) is 26.4 Å². The van der Waals surface area contributed by atoms with Crippen LogP contribution >= 0.6 is 15.9 Å². The molecule has 2 N–H and O–H groups in total. The lowest BCUT2D eigenvalue weighted by Gasteiger charge is -2.12. The van der Waals surface area contributed by atoms with Gasteiger partial charge in [0.05, 0.1) is 0 Å². The fourth-order valence-electron chi connectivity index (χ4n) is 1.83. The van der Waals surface area contributed by atoms with E-state index in [9.17, 15) is 9.59 Å². The Labute approximate surface area is 141 Å². The van der Waals surface area contributed by atoms with Crippen molar-refractivity contribution in [2.75, 3.05) is 6.54 Å². The summed E-state index contributed by atoms with van der Waals surface area (Å²) < 4.78 is 0.951. The molecule has 0 aliphatic rings. The van der Waals surface area contributed by atoms with Crippen LogP contribution in [0.1, 0.15) is 13.8 Å². The van der Waals surface area contributed by atoms with E-state index < -0.39 is 6.04 Å². The van der Waals surface area contributed by atoms with Crippen LogP contribution in [0.5, 0.6) is 0 Å². The van der Waals surface area contributed by atoms with Crippen molar-refractivity contribution in [2.24, 2.45) is 0 Å². The van der Waals surface area contributed by atoms with Crippen LogP contribution in [-0.2, 0) is 16.1 Å². The van der Waals surface area contributed by atoms with Gasteiger partial charge in [0.1, 0.15) is 12.6 Å². The smallest absolute Gasteiger partial charge is 0.244 e. The molecule has 8 nitrogen and oxygen atoms in total. The highest BCUT2D eigenvalue weighted by Gasteiger charge is 2.16. The highest BCUT2D eigenvalue weighted by molar-refractivity contribution is 9.10. The van der Waals surface area contributed by atoms with Crippen molar-refractivity contribution < 1.29 is 9.59 Å². The van der Waals surface area contributed by atoms with Crippen LogP contribution in [0.4, 0.5) is 0 Å². The van der Waals surface area contributed by atoms with E-state index in [4.69, 9.17) is 0 Å². The number of halogens is 1. The minimum Gasteiger partial charge on any atom is -0.355 e. The standard InChI is InChI=1S/C14H17BrN6O2/c1-3-16-14(23)9(2)17-12(22)8-21-19-13(18-20-21)10-4-6-11(15)7-5-10/h4-7,9H,3,8H2,1-2H3,(H,16,23)(H,17,22)/t9-/m1/s1. The summed E-state index contributed by atoms with van der Waals surface area (Å²) in [6, 6.07) is 6.83. The van der Waals surface area contributed by atoms with Gasteiger partial charge in [0.15, 0.2) is 0 Å². The molecule has 122 valence electrons. The minimum atomic E-state index is -0.614. The van der Waals surface area contributed by atoms with E-state index in [1.807, 2.05) is 31.2 Å². The van der Waals surface area contributed by atoms with Crippen LogP contribution in [0, 0.1) is 0 Å². The number of tetrazole rings is 1. The molecule has 0 bridgehead atoms. The number of aromatic nitrogens is 4. The molecule has 9 heteroatoms. The van der Waals surface area contributed by atoms with Crippen LogP contribution in [0.2, 0.25) is 0 Å². The summed E-state index contributed by atoms with van der Waals surface area (Å²) in [4.78, 5) is 24.7. The monoisotopic (exact) mass is 380 g/mol. The summed E-state index contributed by atoms with van der Waals surface area (Å²) in [7, 11) is 0. The fourth-order valence-corrected chi connectivity index (χ4v) is 2.10. The van der Waals surface area contributed by atoms with Crippen molar-refractivity contribution >= 4 is 27.7 Å². The zero-order chi connectivity index (χ0) is 16.8. The molecule has 23 heavy (non-hydrogen) atoms. The normalized spacial score (nSPS) is 11.8. The SMILES string of the molecule is CCNC(=O)[C@@H](C)NC(=O)Cn1nnc(-c2ccc(Br)cc2)n1. The molecule has 1 aromatic carbocycles. The van der Waals surface area contributed by atoms with Gasteiger partial charge in [-0.15, -0.1) is 10.2 Å². The molecule has 0 aliphatic carbocycles. The molecular formula is C14H17BrN6O2. The Morgan fingerprint density at radius 3 is 2.65 bits per heavy atom. The number of benzene rings is 1. The number of hydrogen-bond acceptors (Lipinski definition) is 5. The van der Waals surface area contributed by atoms with E-state index in [0.717, 1.165) is 10.0 Å². The maximum Gasteiger partial charge on any atom is 0.244 e. The molecule has 1 heterocycles. The zero-order valence-electron chi connectivity index (χ0n) is 12.8. The summed E-state index contributed by atoms with van der Waals surface area (Å²) >= 11 is 3.35. The molecule has 0 aliphatic heterocycles. The molecule has 0 radical (unpaired) electrons. The topological polar surface area (TPSA) is 102 Å². The van der Waals surface area contributed by atoms with Crippen molar-refractivity contribution in [1.29, 1.82) is 0 Å². The molecule has 1 aromatic heterocycles. The fraction of sp³-hybridized carbons (Fsp3) is 0.357. The van der Waals surface area contributed by atoms with Gasteiger partial charge in [-0.25, -0.2) is 0 Å². The third kappa shape index (κ3) is 4.85. The van der Waals surface area contributed by atoms with Crippen molar-refractivity contribution in [3.63, 3.8) is 0 Å². The predicted octanol–water partition coefficient (Wildman–Crippen LogP) is 0.743. The van der Waals surface area contributed by atoms with E-state index in [0.29, 0.717) is 12.4 Å². The molecule has 0 spiro atoms. The van der Waals surface area contributed by atoms with Crippen LogP contribution in [0.15, 0.2) is 28.7 Å². The average Bonchev–Trinajstić information content (AvgIpc) is 2.96. The number of carbonyl (C=O) groups is 2. The number of nitrogens with one attached hydrogen (secondary N) is 2. The lowest BCUT2D eigenvalue weighted by Crippen LogP contribution is -2.45. The van der Waals surface area contributed by atoms with Crippen LogP contribution in [0.25, 0.3) is 11.4 Å². The lowest BCUT2D eigenvalue weighted by molar-refractivity contribution is -0.129. The molecule has 0 fully saturated rings. The van der Waals surface area contributed by atoms with Gasteiger partial charge in [0, 0.05) is 16.6 Å².